The van der Waals surface area contributed by atoms with Gasteiger partial charge < -0.3 is 9.72 Å². The van der Waals surface area contributed by atoms with Crippen LogP contribution in [0, 0.1) is 5.82 Å². The second kappa shape index (κ2) is 9.21. The van der Waals surface area contributed by atoms with Gasteiger partial charge in [-0.2, -0.15) is 0 Å². The topological polar surface area (TPSA) is 99.0 Å². The van der Waals surface area contributed by atoms with Crippen LogP contribution in [0.15, 0.2) is 52.3 Å². The number of hydrogen-bond acceptors (Lipinski definition) is 5. The Morgan fingerprint density at radius 1 is 1.15 bits per heavy atom. The predicted octanol–water partition coefficient (Wildman–Crippen LogP) is 3.61. The number of ether oxygens (including phenoxy) is 1. The molecule has 4 rings (SSSR count). The Morgan fingerprint density at radius 2 is 1.94 bits per heavy atom. The third kappa shape index (κ3) is 4.42. The number of aromatic nitrogens is 4. The highest BCUT2D eigenvalue weighted by molar-refractivity contribution is 6.42. The number of carbonyl (C=O) groups excluding carboxylic acids is 1. The third-order valence-electron chi connectivity index (χ3n) is 4.98. The van der Waals surface area contributed by atoms with E-state index in [4.69, 9.17) is 27.9 Å². The molecule has 0 atom stereocenters. The van der Waals surface area contributed by atoms with Crippen LogP contribution < -0.4 is 11.2 Å². The predicted molar refractivity (Wildman–Crippen MR) is 122 cm³/mol. The number of nitrogens with one attached hydrogen (secondary N) is 1. The van der Waals surface area contributed by atoms with Crippen molar-refractivity contribution >= 4 is 40.1 Å². The Balaban J connectivity index is 1.98. The summed E-state index contributed by atoms with van der Waals surface area (Å²) in [7, 11) is 0. The van der Waals surface area contributed by atoms with Crippen LogP contribution in [-0.2, 0) is 22.6 Å². The van der Waals surface area contributed by atoms with Crippen LogP contribution in [0.25, 0.3) is 22.3 Å². The first-order valence-electron chi connectivity index (χ1n) is 9.86. The summed E-state index contributed by atoms with van der Waals surface area (Å²) in [5.41, 5.74) is -0.707. The summed E-state index contributed by atoms with van der Waals surface area (Å²) in [6.45, 7) is 1.07. The van der Waals surface area contributed by atoms with Crippen LogP contribution in [0.2, 0.25) is 10.0 Å². The molecule has 4 aromatic rings. The molecular weight excluding hydrogens is 474 g/mol. The second-order valence-electron chi connectivity index (χ2n) is 7.10. The molecule has 0 aliphatic carbocycles. The van der Waals surface area contributed by atoms with E-state index in [0.29, 0.717) is 10.6 Å². The van der Waals surface area contributed by atoms with Crippen molar-refractivity contribution in [2.75, 3.05) is 6.61 Å². The van der Waals surface area contributed by atoms with Gasteiger partial charge in [0.2, 0.25) is 0 Å². The molecule has 0 aliphatic heterocycles. The lowest BCUT2D eigenvalue weighted by atomic mass is 10.1. The third-order valence-corrected chi connectivity index (χ3v) is 5.72. The summed E-state index contributed by atoms with van der Waals surface area (Å²) < 4.78 is 21.8. The number of H-pyrrole nitrogens is 1. The summed E-state index contributed by atoms with van der Waals surface area (Å²) in [5.74, 6) is -1.24. The number of aromatic amines is 1. The van der Waals surface area contributed by atoms with E-state index in [1.165, 1.54) is 23.0 Å². The van der Waals surface area contributed by atoms with Crippen LogP contribution in [0.3, 0.4) is 0 Å². The molecule has 0 radical (unpaired) electrons. The summed E-state index contributed by atoms with van der Waals surface area (Å²) in [6.07, 6.45) is 2.98. The first-order valence-corrected chi connectivity index (χ1v) is 10.6. The van der Waals surface area contributed by atoms with E-state index in [1.54, 1.807) is 25.1 Å². The van der Waals surface area contributed by atoms with Gasteiger partial charge in [0.25, 0.3) is 5.56 Å². The Kier molecular flexibility index (Phi) is 6.35. The van der Waals surface area contributed by atoms with E-state index in [9.17, 15) is 18.8 Å². The van der Waals surface area contributed by atoms with Crippen molar-refractivity contribution in [3.8, 4) is 11.4 Å². The number of esters is 1. The maximum absolute atomic E-state index is 14.9. The molecule has 2 aromatic carbocycles. The number of rotatable bonds is 6. The monoisotopic (exact) mass is 490 g/mol. The van der Waals surface area contributed by atoms with Gasteiger partial charge in [0.1, 0.15) is 18.2 Å². The summed E-state index contributed by atoms with van der Waals surface area (Å²) in [6, 6.07) is 7.24. The number of halogens is 3. The lowest BCUT2D eigenvalue weighted by molar-refractivity contribution is -0.143. The van der Waals surface area contributed by atoms with Crippen LogP contribution in [-0.4, -0.2) is 31.7 Å². The highest BCUT2D eigenvalue weighted by Gasteiger charge is 2.20. The standard InChI is InChI=1S/C22H17Cl2FN4O4/c1-2-33-19(30)11-29-21(31)14-8-17(25)13(20-26-5-6-27-20)9-18(14)28(22(29)32)10-12-3-4-15(23)16(24)7-12/h3-9H,2,10-11H2,1H3,(H,26,27). The molecule has 0 amide bonds. The van der Waals surface area contributed by atoms with Gasteiger partial charge in [-0.1, -0.05) is 29.3 Å². The van der Waals surface area contributed by atoms with E-state index in [0.717, 1.165) is 10.6 Å². The molecule has 0 fully saturated rings. The zero-order valence-electron chi connectivity index (χ0n) is 17.3. The minimum Gasteiger partial charge on any atom is -0.465 e. The van der Waals surface area contributed by atoms with E-state index < -0.39 is 29.6 Å². The van der Waals surface area contributed by atoms with Crippen LogP contribution in [0.1, 0.15) is 12.5 Å². The van der Waals surface area contributed by atoms with Crippen molar-refractivity contribution in [2.24, 2.45) is 0 Å². The summed E-state index contributed by atoms with van der Waals surface area (Å²) in [4.78, 5) is 45.3. The molecule has 170 valence electrons. The SMILES string of the molecule is CCOC(=O)Cn1c(=O)c2cc(F)c(-c3ncc[nH]3)cc2n(Cc2ccc(Cl)c(Cl)c2)c1=O. The van der Waals surface area contributed by atoms with E-state index in [1.807, 2.05) is 0 Å². The smallest absolute Gasteiger partial charge is 0.332 e. The maximum atomic E-state index is 14.9. The first kappa shape index (κ1) is 22.8. The maximum Gasteiger partial charge on any atom is 0.332 e. The van der Waals surface area contributed by atoms with Gasteiger partial charge in [0.05, 0.1) is 39.7 Å². The van der Waals surface area contributed by atoms with Crippen LogP contribution >= 0.6 is 23.2 Å². The van der Waals surface area contributed by atoms with Gasteiger partial charge >= 0.3 is 11.7 Å². The van der Waals surface area contributed by atoms with Crippen molar-refractivity contribution in [2.45, 2.75) is 20.0 Å². The van der Waals surface area contributed by atoms with Crippen molar-refractivity contribution in [1.82, 2.24) is 19.1 Å². The number of fused-ring (bicyclic) bond motifs is 1. The van der Waals surface area contributed by atoms with Crippen LogP contribution in [0.5, 0.6) is 0 Å². The van der Waals surface area contributed by atoms with E-state index in [2.05, 4.69) is 9.97 Å². The minimum absolute atomic E-state index is 0.0153. The van der Waals surface area contributed by atoms with Crippen LogP contribution in [0.4, 0.5) is 4.39 Å². The largest absolute Gasteiger partial charge is 0.465 e. The summed E-state index contributed by atoms with van der Waals surface area (Å²) in [5, 5.41) is 0.549. The van der Waals surface area contributed by atoms with Crippen molar-refractivity contribution in [1.29, 1.82) is 0 Å². The highest BCUT2D eigenvalue weighted by Crippen LogP contribution is 2.26. The average Bonchev–Trinajstić information content (AvgIpc) is 3.31. The van der Waals surface area contributed by atoms with Gasteiger partial charge in [-0.15, -0.1) is 0 Å². The molecule has 0 saturated heterocycles. The first-order chi connectivity index (χ1) is 15.8. The van der Waals surface area contributed by atoms with Gasteiger partial charge in [-0.3, -0.25) is 14.2 Å². The molecule has 0 bridgehead atoms. The van der Waals surface area contributed by atoms with Crippen molar-refractivity contribution in [3.63, 3.8) is 0 Å². The number of carbonyl (C=O) groups is 1. The molecule has 0 unspecified atom stereocenters. The lowest BCUT2D eigenvalue weighted by Crippen LogP contribution is -2.42. The molecule has 1 N–H and O–H groups in total. The number of nitrogens with zero attached hydrogens (tertiary/aromatic N) is 3. The normalized spacial score (nSPS) is 11.2. The Bertz CT molecular complexity index is 1480. The second-order valence-corrected chi connectivity index (χ2v) is 7.91. The molecule has 33 heavy (non-hydrogen) atoms. The number of imidazole rings is 1. The van der Waals surface area contributed by atoms with E-state index in [-0.39, 0.29) is 40.5 Å². The fraction of sp³-hybridized carbons (Fsp3) is 0.182. The zero-order valence-corrected chi connectivity index (χ0v) is 18.8. The highest BCUT2D eigenvalue weighted by atomic mass is 35.5. The molecule has 8 nitrogen and oxygen atoms in total. The van der Waals surface area contributed by atoms with Crippen molar-refractivity contribution < 1.29 is 13.9 Å². The van der Waals surface area contributed by atoms with Gasteiger partial charge in [0.15, 0.2) is 0 Å². The Morgan fingerprint density at radius 3 is 2.61 bits per heavy atom. The fourth-order valence-corrected chi connectivity index (χ4v) is 3.80. The van der Waals surface area contributed by atoms with Gasteiger partial charge in [-0.25, -0.2) is 18.7 Å². The molecule has 0 aliphatic rings. The minimum atomic E-state index is -0.807. The van der Waals surface area contributed by atoms with E-state index >= 15 is 0 Å². The number of benzene rings is 2. The number of hydrogen-bond donors (Lipinski definition) is 1. The molecule has 0 spiro atoms. The fourth-order valence-electron chi connectivity index (χ4n) is 3.48. The molecule has 11 heteroatoms. The Labute approximate surface area is 196 Å². The average molecular weight is 491 g/mol. The molecule has 0 saturated carbocycles. The zero-order chi connectivity index (χ0) is 23.7. The van der Waals surface area contributed by atoms with Crippen molar-refractivity contribution in [3.05, 3.63) is 85.0 Å². The Hall–Kier alpha value is -3.43. The van der Waals surface area contributed by atoms with Gasteiger partial charge in [-0.05, 0) is 36.8 Å². The quantitative estimate of drug-likeness (QED) is 0.416. The van der Waals surface area contributed by atoms with Gasteiger partial charge in [0, 0.05) is 12.4 Å². The summed E-state index contributed by atoms with van der Waals surface area (Å²) >= 11 is 12.1. The molecule has 2 heterocycles. The molecule has 2 aromatic heterocycles. The molecular formula is C22H17Cl2FN4O4. The lowest BCUT2D eigenvalue weighted by Gasteiger charge is -2.15.